The van der Waals surface area contributed by atoms with E-state index >= 15 is 0 Å². The number of carbonyl (C=O) groups is 3. The van der Waals surface area contributed by atoms with E-state index in [0.29, 0.717) is 39.0 Å². The fourth-order valence-electron chi connectivity index (χ4n) is 5.39. The Morgan fingerprint density at radius 3 is 2.21 bits per heavy atom. The van der Waals surface area contributed by atoms with Crippen molar-refractivity contribution in [1.29, 1.82) is 0 Å². The number of hydrogen-bond acceptors (Lipinski definition) is 3. The van der Waals surface area contributed by atoms with Crippen LogP contribution < -0.4 is 4.90 Å². The highest BCUT2D eigenvalue weighted by molar-refractivity contribution is 6.00. The third kappa shape index (κ3) is 4.39. The molecule has 0 spiro atoms. The summed E-state index contributed by atoms with van der Waals surface area (Å²) in [6.07, 6.45) is 2.57. The Labute approximate surface area is 195 Å². The summed E-state index contributed by atoms with van der Waals surface area (Å²) in [6, 6.07) is 16.2. The maximum Gasteiger partial charge on any atom is 0.228 e. The van der Waals surface area contributed by atoms with Crippen LogP contribution in [0, 0.1) is 18.8 Å². The topological polar surface area (TPSA) is 60.9 Å². The third-order valence-electron chi connectivity index (χ3n) is 7.42. The molecule has 0 aliphatic carbocycles. The maximum absolute atomic E-state index is 13.1. The predicted molar refractivity (Wildman–Crippen MR) is 127 cm³/mol. The minimum Gasteiger partial charge on any atom is -0.342 e. The van der Waals surface area contributed by atoms with Crippen molar-refractivity contribution in [2.75, 3.05) is 31.1 Å². The van der Waals surface area contributed by atoms with Crippen LogP contribution in [0.1, 0.15) is 36.0 Å². The van der Waals surface area contributed by atoms with E-state index in [1.165, 1.54) is 11.1 Å². The van der Waals surface area contributed by atoms with Crippen molar-refractivity contribution in [3.8, 4) is 0 Å². The van der Waals surface area contributed by atoms with Crippen molar-refractivity contribution in [3.05, 3.63) is 65.2 Å². The number of anilines is 1. The summed E-state index contributed by atoms with van der Waals surface area (Å²) < 4.78 is 0. The van der Waals surface area contributed by atoms with Crippen molar-refractivity contribution in [1.82, 2.24) is 9.80 Å². The summed E-state index contributed by atoms with van der Waals surface area (Å²) in [5, 5.41) is 0. The van der Waals surface area contributed by atoms with Gasteiger partial charge in [-0.3, -0.25) is 14.4 Å². The quantitative estimate of drug-likeness (QED) is 0.729. The van der Waals surface area contributed by atoms with Crippen LogP contribution in [0.15, 0.2) is 48.5 Å². The standard InChI is InChI=1S/C27H31N3O3/c1-19-6-8-24(9-7-19)30-18-23(16-25(30)31)27(33)28-13-11-21(12-14-28)26(32)29-15-10-20-4-2-3-5-22(20)17-29/h2-9,21,23H,10-18H2,1H3. The molecule has 3 aliphatic rings. The van der Waals surface area contributed by atoms with Gasteiger partial charge in [0, 0.05) is 50.7 Å². The number of benzene rings is 2. The fourth-order valence-corrected chi connectivity index (χ4v) is 5.39. The molecule has 0 radical (unpaired) electrons. The van der Waals surface area contributed by atoms with E-state index in [-0.39, 0.29) is 36.0 Å². The molecule has 5 rings (SSSR count). The van der Waals surface area contributed by atoms with Crippen LogP contribution in [0.5, 0.6) is 0 Å². The van der Waals surface area contributed by atoms with E-state index < -0.39 is 0 Å². The molecular weight excluding hydrogens is 414 g/mol. The van der Waals surface area contributed by atoms with Crippen molar-refractivity contribution in [2.45, 2.75) is 39.2 Å². The summed E-state index contributed by atoms with van der Waals surface area (Å²) in [7, 11) is 0. The Kier molecular flexibility index (Phi) is 5.92. The van der Waals surface area contributed by atoms with Crippen molar-refractivity contribution in [2.24, 2.45) is 11.8 Å². The molecule has 172 valence electrons. The van der Waals surface area contributed by atoms with Gasteiger partial charge in [-0.25, -0.2) is 0 Å². The molecule has 2 fully saturated rings. The van der Waals surface area contributed by atoms with Gasteiger partial charge in [-0.15, -0.1) is 0 Å². The first-order chi connectivity index (χ1) is 16.0. The van der Waals surface area contributed by atoms with E-state index in [4.69, 9.17) is 0 Å². The van der Waals surface area contributed by atoms with Crippen LogP contribution in [-0.4, -0.2) is 53.7 Å². The summed E-state index contributed by atoms with van der Waals surface area (Å²) >= 11 is 0. The molecule has 1 atom stereocenters. The molecule has 3 amide bonds. The normalized spacial score (nSPS) is 21.3. The number of aryl methyl sites for hydroxylation is 1. The minimum absolute atomic E-state index is 0.00708. The second-order valence-corrected chi connectivity index (χ2v) is 9.62. The van der Waals surface area contributed by atoms with Gasteiger partial charge >= 0.3 is 0 Å². The first-order valence-electron chi connectivity index (χ1n) is 12.0. The second kappa shape index (κ2) is 9.00. The minimum atomic E-state index is -0.301. The van der Waals surface area contributed by atoms with E-state index in [9.17, 15) is 14.4 Å². The molecule has 6 heteroatoms. The SMILES string of the molecule is Cc1ccc(N2CC(C(=O)N3CCC(C(=O)N4CCc5ccccc5C4)CC3)CC2=O)cc1. The van der Waals surface area contributed by atoms with Crippen molar-refractivity contribution >= 4 is 23.4 Å². The molecule has 0 N–H and O–H groups in total. The molecule has 33 heavy (non-hydrogen) atoms. The van der Waals surface area contributed by atoms with Crippen molar-refractivity contribution in [3.63, 3.8) is 0 Å². The molecule has 3 aliphatic heterocycles. The van der Waals surface area contributed by atoms with E-state index in [1.54, 1.807) is 4.90 Å². The lowest BCUT2D eigenvalue weighted by Gasteiger charge is -2.36. The largest absolute Gasteiger partial charge is 0.342 e. The van der Waals surface area contributed by atoms with Gasteiger partial charge in [-0.05, 0) is 49.4 Å². The summed E-state index contributed by atoms with van der Waals surface area (Å²) in [5.41, 5.74) is 4.58. The predicted octanol–water partition coefficient (Wildman–Crippen LogP) is 3.17. The Hall–Kier alpha value is -3.15. The highest BCUT2D eigenvalue weighted by Gasteiger charge is 2.39. The molecule has 0 bridgehead atoms. The number of piperidine rings is 1. The average Bonchev–Trinajstić information content (AvgIpc) is 3.25. The molecule has 2 aromatic carbocycles. The monoisotopic (exact) mass is 445 g/mol. The number of nitrogens with zero attached hydrogens (tertiary/aromatic N) is 3. The first-order valence-corrected chi connectivity index (χ1v) is 12.0. The lowest BCUT2D eigenvalue weighted by molar-refractivity contribution is -0.143. The zero-order valence-electron chi connectivity index (χ0n) is 19.2. The van der Waals surface area contributed by atoms with Gasteiger partial charge in [-0.2, -0.15) is 0 Å². The van der Waals surface area contributed by atoms with Gasteiger partial charge in [0.05, 0.1) is 5.92 Å². The Bertz CT molecular complexity index is 1060. The lowest BCUT2D eigenvalue weighted by Crippen LogP contribution is -2.47. The molecule has 0 saturated carbocycles. The van der Waals surface area contributed by atoms with Crippen LogP contribution in [-0.2, 0) is 27.3 Å². The summed E-state index contributed by atoms with van der Waals surface area (Å²) in [6.45, 7) is 5.10. The van der Waals surface area contributed by atoms with Crippen molar-refractivity contribution < 1.29 is 14.4 Å². The highest BCUT2D eigenvalue weighted by Crippen LogP contribution is 2.29. The number of rotatable bonds is 3. The summed E-state index contributed by atoms with van der Waals surface area (Å²) in [4.78, 5) is 44.4. The molecule has 2 aromatic rings. The first kappa shape index (κ1) is 21.7. The van der Waals surface area contributed by atoms with Crippen LogP contribution in [0.25, 0.3) is 0 Å². The second-order valence-electron chi connectivity index (χ2n) is 9.62. The zero-order valence-corrected chi connectivity index (χ0v) is 19.2. The molecular formula is C27H31N3O3. The van der Waals surface area contributed by atoms with E-state index in [1.807, 2.05) is 47.1 Å². The highest BCUT2D eigenvalue weighted by atomic mass is 16.2. The van der Waals surface area contributed by atoms with Crippen LogP contribution in [0.4, 0.5) is 5.69 Å². The van der Waals surface area contributed by atoms with Gasteiger partial charge in [0.25, 0.3) is 0 Å². The lowest BCUT2D eigenvalue weighted by atomic mass is 9.92. The van der Waals surface area contributed by atoms with Gasteiger partial charge in [0.2, 0.25) is 17.7 Å². The average molecular weight is 446 g/mol. The fraction of sp³-hybridized carbons (Fsp3) is 0.444. The van der Waals surface area contributed by atoms with Crippen LogP contribution in [0.3, 0.4) is 0 Å². The van der Waals surface area contributed by atoms with E-state index in [0.717, 1.165) is 24.2 Å². The van der Waals surface area contributed by atoms with Gasteiger partial charge < -0.3 is 14.7 Å². The van der Waals surface area contributed by atoms with Crippen LogP contribution >= 0.6 is 0 Å². The number of likely N-dealkylation sites (tertiary alicyclic amines) is 1. The molecule has 0 aromatic heterocycles. The Balaban J connectivity index is 1.15. The van der Waals surface area contributed by atoms with Crippen LogP contribution in [0.2, 0.25) is 0 Å². The summed E-state index contributed by atoms with van der Waals surface area (Å²) in [5.74, 6) is -0.0418. The third-order valence-corrected chi connectivity index (χ3v) is 7.42. The number of amides is 3. The van der Waals surface area contributed by atoms with Gasteiger partial charge in [-0.1, -0.05) is 42.0 Å². The zero-order chi connectivity index (χ0) is 22.9. The van der Waals surface area contributed by atoms with Gasteiger partial charge in [0.1, 0.15) is 0 Å². The Morgan fingerprint density at radius 1 is 0.818 bits per heavy atom. The molecule has 3 heterocycles. The smallest absolute Gasteiger partial charge is 0.228 e. The molecule has 1 unspecified atom stereocenters. The number of fused-ring (bicyclic) bond motifs is 1. The maximum atomic E-state index is 13.1. The Morgan fingerprint density at radius 2 is 1.48 bits per heavy atom. The van der Waals surface area contributed by atoms with Gasteiger partial charge in [0.15, 0.2) is 0 Å². The number of hydrogen-bond donors (Lipinski definition) is 0. The molecule has 6 nitrogen and oxygen atoms in total. The van der Waals surface area contributed by atoms with E-state index in [2.05, 4.69) is 18.2 Å². The molecule has 2 saturated heterocycles. The number of carbonyl (C=O) groups excluding carboxylic acids is 3.